The minimum Gasteiger partial charge on any atom is -0.399 e. The van der Waals surface area contributed by atoms with E-state index in [1.165, 1.54) is 0 Å². The summed E-state index contributed by atoms with van der Waals surface area (Å²) < 4.78 is 1.77. The maximum absolute atomic E-state index is 5.68. The lowest BCUT2D eigenvalue weighted by molar-refractivity contribution is 0.845. The van der Waals surface area contributed by atoms with Crippen LogP contribution in [0.25, 0.3) is 16.9 Å². The lowest BCUT2D eigenvalue weighted by Crippen LogP contribution is -1.96. The molecule has 3 rings (SSSR count). The first-order valence-electron chi connectivity index (χ1n) is 6.06. The Balaban J connectivity index is 1.95. The average Bonchev–Trinajstić information content (AvgIpc) is 2.90. The topological polar surface area (TPSA) is 56.7 Å². The molecule has 2 aromatic heterocycles. The Labute approximate surface area is 111 Å². The molecule has 0 aliphatic carbocycles. The van der Waals surface area contributed by atoms with E-state index < -0.39 is 0 Å². The van der Waals surface area contributed by atoms with Gasteiger partial charge in [-0.25, -0.2) is 9.67 Å². The predicted octanol–water partition coefficient (Wildman–Crippen LogP) is 2.82. The molecule has 19 heavy (non-hydrogen) atoms. The van der Waals surface area contributed by atoms with Gasteiger partial charge in [-0.05, 0) is 36.2 Å². The van der Waals surface area contributed by atoms with Gasteiger partial charge in [-0.3, -0.25) is 0 Å². The number of nitrogens with two attached hydrogens (primary N) is 1. The minimum atomic E-state index is 0.761. The van der Waals surface area contributed by atoms with Crippen LogP contribution in [0.4, 0.5) is 5.69 Å². The molecule has 0 unspecified atom stereocenters. The Morgan fingerprint density at radius 2 is 1.74 bits per heavy atom. The Morgan fingerprint density at radius 3 is 2.42 bits per heavy atom. The number of pyridine rings is 1. The van der Waals surface area contributed by atoms with Crippen LogP contribution < -0.4 is 5.73 Å². The van der Waals surface area contributed by atoms with Crippen LogP contribution in [0.2, 0.25) is 0 Å². The first-order valence-corrected chi connectivity index (χ1v) is 6.06. The van der Waals surface area contributed by atoms with Gasteiger partial charge in [0.25, 0.3) is 0 Å². The Morgan fingerprint density at radius 1 is 0.947 bits per heavy atom. The zero-order valence-electron chi connectivity index (χ0n) is 10.6. The van der Waals surface area contributed by atoms with E-state index in [0.717, 1.165) is 28.2 Å². The number of hydrogen-bond acceptors (Lipinski definition) is 3. The first-order chi connectivity index (χ1) is 9.22. The Hall–Kier alpha value is -2.62. The van der Waals surface area contributed by atoms with Gasteiger partial charge >= 0.3 is 0 Å². The molecule has 1 aromatic carbocycles. The number of anilines is 1. The molecule has 2 N–H and O–H groups in total. The lowest BCUT2D eigenvalue weighted by atomic mass is 10.1. The first kappa shape index (κ1) is 11.5. The molecule has 0 saturated carbocycles. The number of nitrogen functional groups attached to an aromatic ring is 1. The molecule has 0 bridgehead atoms. The second kappa shape index (κ2) is 4.57. The van der Waals surface area contributed by atoms with Crippen LogP contribution in [0.15, 0.2) is 55.0 Å². The summed E-state index contributed by atoms with van der Waals surface area (Å²) >= 11 is 0. The number of aryl methyl sites for hydroxylation is 1. The Bertz CT molecular complexity index is 621. The van der Waals surface area contributed by atoms with Crippen LogP contribution in [-0.2, 0) is 0 Å². The van der Waals surface area contributed by atoms with Crippen molar-refractivity contribution in [1.82, 2.24) is 14.8 Å². The summed E-state index contributed by atoms with van der Waals surface area (Å²) in [6, 6.07) is 11.7. The lowest BCUT2D eigenvalue weighted by Gasteiger charge is -2.00. The molecule has 0 atom stereocenters. The van der Waals surface area contributed by atoms with Crippen molar-refractivity contribution < 1.29 is 0 Å². The van der Waals surface area contributed by atoms with Gasteiger partial charge in [0.15, 0.2) is 5.82 Å². The van der Waals surface area contributed by atoms with E-state index in [1.54, 1.807) is 4.68 Å². The maximum Gasteiger partial charge on any atom is 0.153 e. The number of aromatic nitrogens is 3. The van der Waals surface area contributed by atoms with E-state index in [0.29, 0.717) is 0 Å². The van der Waals surface area contributed by atoms with Crippen molar-refractivity contribution in [3.8, 4) is 16.9 Å². The van der Waals surface area contributed by atoms with Gasteiger partial charge in [-0.15, -0.1) is 0 Å². The summed E-state index contributed by atoms with van der Waals surface area (Å²) in [5, 5.41) is 4.34. The second-order valence-corrected chi connectivity index (χ2v) is 4.49. The highest BCUT2D eigenvalue weighted by Crippen LogP contribution is 2.20. The predicted molar refractivity (Wildman–Crippen MR) is 75.9 cm³/mol. The standard InChI is InChI=1S/C15H14N4/c1-11-2-7-15(17-8-11)19-10-13(9-18-19)12-3-5-14(16)6-4-12/h2-10H,16H2,1H3. The van der Waals surface area contributed by atoms with Gasteiger partial charge in [0.1, 0.15) is 0 Å². The van der Waals surface area contributed by atoms with Crippen molar-refractivity contribution in [1.29, 1.82) is 0 Å². The summed E-state index contributed by atoms with van der Waals surface area (Å²) in [4.78, 5) is 4.35. The SMILES string of the molecule is Cc1ccc(-n2cc(-c3ccc(N)cc3)cn2)nc1. The molecule has 4 heteroatoms. The molecule has 0 fully saturated rings. The van der Waals surface area contributed by atoms with Gasteiger partial charge in [-0.2, -0.15) is 5.10 Å². The van der Waals surface area contributed by atoms with E-state index >= 15 is 0 Å². The second-order valence-electron chi connectivity index (χ2n) is 4.49. The maximum atomic E-state index is 5.68. The highest BCUT2D eigenvalue weighted by atomic mass is 15.3. The van der Waals surface area contributed by atoms with Crippen molar-refractivity contribution in [3.05, 3.63) is 60.6 Å². The molecule has 94 valence electrons. The van der Waals surface area contributed by atoms with Crippen LogP contribution in [0.5, 0.6) is 0 Å². The van der Waals surface area contributed by atoms with Crippen LogP contribution in [-0.4, -0.2) is 14.8 Å². The van der Waals surface area contributed by atoms with E-state index in [9.17, 15) is 0 Å². The molecule has 4 nitrogen and oxygen atoms in total. The van der Waals surface area contributed by atoms with Crippen LogP contribution in [0.3, 0.4) is 0 Å². The normalized spacial score (nSPS) is 10.6. The average molecular weight is 250 g/mol. The third-order valence-electron chi connectivity index (χ3n) is 2.96. The molecule has 2 heterocycles. The van der Waals surface area contributed by atoms with Crippen LogP contribution in [0.1, 0.15) is 5.56 Å². The molecule has 0 saturated heterocycles. The fourth-order valence-electron chi connectivity index (χ4n) is 1.87. The zero-order chi connectivity index (χ0) is 13.2. The fraction of sp³-hybridized carbons (Fsp3) is 0.0667. The van der Waals surface area contributed by atoms with E-state index in [2.05, 4.69) is 10.1 Å². The minimum absolute atomic E-state index is 0.761. The van der Waals surface area contributed by atoms with Crippen LogP contribution in [0, 0.1) is 6.92 Å². The van der Waals surface area contributed by atoms with Crippen molar-refractivity contribution in [3.63, 3.8) is 0 Å². The monoisotopic (exact) mass is 250 g/mol. The summed E-state index contributed by atoms with van der Waals surface area (Å²) in [6.07, 6.45) is 5.62. The van der Waals surface area contributed by atoms with Crippen molar-refractivity contribution in [2.24, 2.45) is 0 Å². The highest BCUT2D eigenvalue weighted by molar-refractivity contribution is 5.64. The molecule has 0 aliphatic heterocycles. The van der Waals surface area contributed by atoms with Crippen molar-refractivity contribution >= 4 is 5.69 Å². The highest BCUT2D eigenvalue weighted by Gasteiger charge is 2.04. The molecule has 0 spiro atoms. The van der Waals surface area contributed by atoms with E-state index in [1.807, 2.05) is 61.9 Å². The molecular formula is C15H14N4. The third kappa shape index (κ3) is 2.33. The third-order valence-corrected chi connectivity index (χ3v) is 2.96. The Kier molecular flexibility index (Phi) is 2.76. The van der Waals surface area contributed by atoms with Gasteiger partial charge in [0.2, 0.25) is 0 Å². The van der Waals surface area contributed by atoms with Gasteiger partial charge in [0, 0.05) is 23.6 Å². The summed E-state index contributed by atoms with van der Waals surface area (Å²) in [7, 11) is 0. The number of nitrogens with zero attached hydrogens (tertiary/aromatic N) is 3. The zero-order valence-corrected chi connectivity index (χ0v) is 10.6. The summed E-state index contributed by atoms with van der Waals surface area (Å²) in [5.41, 5.74) is 9.71. The largest absolute Gasteiger partial charge is 0.399 e. The summed E-state index contributed by atoms with van der Waals surface area (Å²) in [6.45, 7) is 2.01. The summed E-state index contributed by atoms with van der Waals surface area (Å²) in [5.74, 6) is 0.812. The molecule has 0 amide bonds. The smallest absolute Gasteiger partial charge is 0.153 e. The molecule has 3 aromatic rings. The molecule has 0 aliphatic rings. The van der Waals surface area contributed by atoms with Gasteiger partial charge in [-0.1, -0.05) is 18.2 Å². The van der Waals surface area contributed by atoms with Gasteiger partial charge < -0.3 is 5.73 Å². The van der Waals surface area contributed by atoms with E-state index in [4.69, 9.17) is 5.73 Å². The van der Waals surface area contributed by atoms with Gasteiger partial charge in [0.05, 0.1) is 6.20 Å². The van der Waals surface area contributed by atoms with E-state index in [-0.39, 0.29) is 0 Å². The molecule has 0 radical (unpaired) electrons. The fourth-order valence-corrected chi connectivity index (χ4v) is 1.87. The quantitative estimate of drug-likeness (QED) is 0.711. The van der Waals surface area contributed by atoms with Crippen LogP contribution >= 0.6 is 0 Å². The number of benzene rings is 1. The van der Waals surface area contributed by atoms with Crippen molar-refractivity contribution in [2.75, 3.05) is 5.73 Å². The molecular weight excluding hydrogens is 236 g/mol. The number of rotatable bonds is 2. The van der Waals surface area contributed by atoms with Crippen molar-refractivity contribution in [2.45, 2.75) is 6.92 Å². The number of hydrogen-bond donors (Lipinski definition) is 1.